The number of hydrogen-bond acceptors (Lipinski definition) is 4. The zero-order chi connectivity index (χ0) is 15.4. The fourth-order valence-corrected chi connectivity index (χ4v) is 1.79. The average Bonchev–Trinajstić information content (AvgIpc) is 2.77. The Morgan fingerprint density at radius 2 is 2.15 bits per heavy atom. The molecule has 1 heterocycles. The highest BCUT2D eigenvalue weighted by atomic mass is 16.6. The third kappa shape index (κ3) is 3.34. The number of aryl methyl sites for hydroxylation is 1. The molecule has 0 saturated carbocycles. The number of aromatic nitrogens is 1. The Labute approximate surface area is 115 Å². The second kappa shape index (κ2) is 6.18. The molecule has 0 spiro atoms. The number of carboxylic acids is 1. The van der Waals surface area contributed by atoms with Gasteiger partial charge in [0.15, 0.2) is 0 Å². The predicted octanol–water partition coefficient (Wildman–Crippen LogP) is 1.12. The Balaban J connectivity index is 2.96. The van der Waals surface area contributed by atoms with E-state index in [-0.39, 0.29) is 17.9 Å². The van der Waals surface area contributed by atoms with Gasteiger partial charge in [-0.25, -0.2) is 0 Å². The maximum Gasteiger partial charge on any atom is 0.308 e. The quantitative estimate of drug-likeness (QED) is 0.622. The van der Waals surface area contributed by atoms with Crippen LogP contribution >= 0.6 is 0 Å². The summed E-state index contributed by atoms with van der Waals surface area (Å²) in [6.45, 7) is 3.62. The third-order valence-electron chi connectivity index (χ3n) is 3.01. The van der Waals surface area contributed by atoms with Crippen LogP contribution in [0.25, 0.3) is 0 Å². The van der Waals surface area contributed by atoms with Crippen molar-refractivity contribution in [1.29, 1.82) is 0 Å². The molecule has 110 valence electrons. The van der Waals surface area contributed by atoms with Crippen LogP contribution in [0.3, 0.4) is 0 Å². The number of rotatable bonds is 6. The van der Waals surface area contributed by atoms with Crippen molar-refractivity contribution in [3.63, 3.8) is 0 Å². The third-order valence-corrected chi connectivity index (χ3v) is 3.01. The van der Waals surface area contributed by atoms with Crippen LogP contribution in [-0.4, -0.2) is 44.5 Å². The van der Waals surface area contributed by atoms with Crippen molar-refractivity contribution in [2.75, 3.05) is 13.1 Å². The minimum absolute atomic E-state index is 0.0592. The van der Waals surface area contributed by atoms with Crippen molar-refractivity contribution in [3.05, 3.63) is 28.1 Å². The Hall–Kier alpha value is -2.38. The van der Waals surface area contributed by atoms with Gasteiger partial charge in [0.1, 0.15) is 5.69 Å². The van der Waals surface area contributed by atoms with Gasteiger partial charge < -0.3 is 14.6 Å². The first-order valence-corrected chi connectivity index (χ1v) is 6.10. The maximum absolute atomic E-state index is 12.3. The van der Waals surface area contributed by atoms with Crippen molar-refractivity contribution in [2.24, 2.45) is 13.0 Å². The smallest absolute Gasteiger partial charge is 0.308 e. The van der Waals surface area contributed by atoms with Gasteiger partial charge in [0, 0.05) is 26.2 Å². The Bertz CT molecular complexity index is 537. The Morgan fingerprint density at radius 1 is 1.55 bits per heavy atom. The van der Waals surface area contributed by atoms with E-state index in [0.29, 0.717) is 6.54 Å². The molecule has 8 heteroatoms. The molecule has 1 aromatic heterocycles. The lowest BCUT2D eigenvalue weighted by atomic mass is 10.1. The molecule has 20 heavy (non-hydrogen) atoms. The van der Waals surface area contributed by atoms with E-state index >= 15 is 0 Å². The van der Waals surface area contributed by atoms with Gasteiger partial charge in [-0.2, -0.15) is 0 Å². The number of aliphatic carboxylic acids is 1. The summed E-state index contributed by atoms with van der Waals surface area (Å²) in [7, 11) is 1.54. The van der Waals surface area contributed by atoms with E-state index in [9.17, 15) is 19.7 Å². The molecular formula is C12H17N3O5. The van der Waals surface area contributed by atoms with E-state index in [4.69, 9.17) is 5.11 Å². The molecular weight excluding hydrogens is 266 g/mol. The summed E-state index contributed by atoms with van der Waals surface area (Å²) in [5.74, 6) is -2.11. The second-order valence-electron chi connectivity index (χ2n) is 4.53. The molecule has 1 N–H and O–H groups in total. The molecule has 0 radical (unpaired) electrons. The van der Waals surface area contributed by atoms with Crippen molar-refractivity contribution < 1.29 is 19.6 Å². The summed E-state index contributed by atoms with van der Waals surface area (Å²) in [5.41, 5.74) is -0.00525. The van der Waals surface area contributed by atoms with Gasteiger partial charge in [0.05, 0.1) is 17.0 Å². The lowest BCUT2D eigenvalue weighted by Gasteiger charge is -2.22. The topological polar surface area (TPSA) is 106 Å². The van der Waals surface area contributed by atoms with Gasteiger partial charge >= 0.3 is 5.97 Å². The van der Waals surface area contributed by atoms with Crippen LogP contribution in [0.15, 0.2) is 12.3 Å². The Morgan fingerprint density at radius 3 is 2.55 bits per heavy atom. The molecule has 1 rings (SSSR count). The van der Waals surface area contributed by atoms with E-state index < -0.39 is 22.7 Å². The number of carbonyl (C=O) groups is 2. The molecule has 0 aliphatic carbocycles. The molecule has 0 aliphatic heterocycles. The first-order valence-electron chi connectivity index (χ1n) is 6.10. The van der Waals surface area contributed by atoms with Crippen molar-refractivity contribution >= 4 is 17.6 Å². The van der Waals surface area contributed by atoms with Gasteiger partial charge in [0.2, 0.25) is 0 Å². The SMILES string of the molecule is CCN(CC(C)C(=O)O)C(=O)c1cc([N+](=O)[O-])cn1C. The van der Waals surface area contributed by atoms with E-state index in [1.807, 2.05) is 0 Å². The van der Waals surface area contributed by atoms with Crippen molar-refractivity contribution in [3.8, 4) is 0 Å². The molecule has 1 amide bonds. The van der Waals surface area contributed by atoms with E-state index in [0.717, 1.165) is 0 Å². The van der Waals surface area contributed by atoms with Crippen LogP contribution in [0.4, 0.5) is 5.69 Å². The molecule has 0 aromatic carbocycles. The van der Waals surface area contributed by atoms with Gasteiger partial charge in [-0.3, -0.25) is 19.7 Å². The number of amides is 1. The fourth-order valence-electron chi connectivity index (χ4n) is 1.79. The van der Waals surface area contributed by atoms with E-state index in [1.54, 1.807) is 6.92 Å². The maximum atomic E-state index is 12.3. The van der Waals surface area contributed by atoms with Crippen LogP contribution in [0.1, 0.15) is 24.3 Å². The standard InChI is InChI=1S/C12H17N3O5/c1-4-14(6-8(2)12(17)18)11(16)10-5-9(15(19)20)7-13(10)3/h5,7-8H,4,6H2,1-3H3,(H,17,18). The zero-order valence-electron chi connectivity index (χ0n) is 11.6. The van der Waals surface area contributed by atoms with Crippen LogP contribution in [0.2, 0.25) is 0 Å². The minimum Gasteiger partial charge on any atom is -0.481 e. The van der Waals surface area contributed by atoms with Gasteiger partial charge in [0.25, 0.3) is 11.6 Å². The van der Waals surface area contributed by atoms with Gasteiger partial charge in [-0.1, -0.05) is 6.92 Å². The van der Waals surface area contributed by atoms with Gasteiger partial charge in [-0.05, 0) is 6.92 Å². The highest BCUT2D eigenvalue weighted by molar-refractivity contribution is 5.93. The molecule has 0 fully saturated rings. The van der Waals surface area contributed by atoms with E-state index in [2.05, 4.69) is 0 Å². The number of carboxylic acid groups (broad SMARTS) is 1. The zero-order valence-corrected chi connectivity index (χ0v) is 11.6. The molecule has 8 nitrogen and oxygen atoms in total. The molecule has 1 unspecified atom stereocenters. The normalized spacial score (nSPS) is 11.9. The van der Waals surface area contributed by atoms with Crippen LogP contribution in [0, 0.1) is 16.0 Å². The molecule has 1 atom stereocenters. The van der Waals surface area contributed by atoms with Crippen molar-refractivity contribution in [1.82, 2.24) is 9.47 Å². The highest BCUT2D eigenvalue weighted by Gasteiger charge is 2.24. The fraction of sp³-hybridized carbons (Fsp3) is 0.500. The number of carbonyl (C=O) groups excluding carboxylic acids is 1. The van der Waals surface area contributed by atoms with Gasteiger partial charge in [-0.15, -0.1) is 0 Å². The first kappa shape index (κ1) is 15.7. The number of hydrogen-bond donors (Lipinski definition) is 1. The Kier molecular flexibility index (Phi) is 4.84. The molecule has 0 bridgehead atoms. The number of nitrogens with zero attached hydrogens (tertiary/aromatic N) is 3. The lowest BCUT2D eigenvalue weighted by Crippen LogP contribution is -2.37. The lowest BCUT2D eigenvalue weighted by molar-refractivity contribution is -0.384. The summed E-state index contributed by atoms with van der Waals surface area (Å²) < 4.78 is 1.37. The first-order chi connectivity index (χ1) is 9.27. The second-order valence-corrected chi connectivity index (χ2v) is 4.53. The largest absolute Gasteiger partial charge is 0.481 e. The predicted molar refractivity (Wildman–Crippen MR) is 70.4 cm³/mol. The average molecular weight is 283 g/mol. The molecule has 0 aliphatic rings. The summed E-state index contributed by atoms with van der Waals surface area (Å²) in [6, 6.07) is 1.19. The summed E-state index contributed by atoms with van der Waals surface area (Å²) in [6.07, 6.45) is 1.25. The summed E-state index contributed by atoms with van der Waals surface area (Å²) in [5, 5.41) is 19.6. The van der Waals surface area contributed by atoms with E-state index in [1.165, 1.54) is 35.7 Å². The molecule has 1 aromatic rings. The van der Waals surface area contributed by atoms with Crippen LogP contribution < -0.4 is 0 Å². The summed E-state index contributed by atoms with van der Waals surface area (Å²) >= 11 is 0. The monoisotopic (exact) mass is 283 g/mol. The summed E-state index contributed by atoms with van der Waals surface area (Å²) in [4.78, 5) is 34.6. The number of nitro groups is 1. The molecule has 0 saturated heterocycles. The van der Waals surface area contributed by atoms with Crippen molar-refractivity contribution in [2.45, 2.75) is 13.8 Å². The van der Waals surface area contributed by atoms with Crippen LogP contribution in [0.5, 0.6) is 0 Å². The van der Waals surface area contributed by atoms with Crippen LogP contribution in [-0.2, 0) is 11.8 Å². The highest BCUT2D eigenvalue weighted by Crippen LogP contribution is 2.17. The minimum atomic E-state index is -0.992.